The summed E-state index contributed by atoms with van der Waals surface area (Å²) < 4.78 is 23.5. The van der Waals surface area contributed by atoms with Crippen molar-refractivity contribution in [3.63, 3.8) is 0 Å². The van der Waals surface area contributed by atoms with Crippen molar-refractivity contribution in [1.29, 1.82) is 0 Å². The molecule has 0 amide bonds. The predicted octanol–water partition coefficient (Wildman–Crippen LogP) is 2.33. The number of halogens is 3. The van der Waals surface area contributed by atoms with Crippen LogP contribution >= 0.6 is 39.1 Å². The summed E-state index contributed by atoms with van der Waals surface area (Å²) >= 11 is 15.3. The van der Waals surface area contributed by atoms with Gasteiger partial charge in [-0.3, -0.25) is 0 Å². The Morgan fingerprint density at radius 3 is 2.28 bits per heavy atom. The molecule has 1 aliphatic rings. The molecule has 2 N–H and O–H groups in total. The highest BCUT2D eigenvalue weighted by atomic mass is 79.9. The molecule has 1 aromatic rings. The molecule has 18 heavy (non-hydrogen) atoms. The third-order valence-corrected chi connectivity index (χ3v) is 5.43. The van der Waals surface area contributed by atoms with Gasteiger partial charge in [0.25, 0.3) is 0 Å². The Balaban J connectivity index is 2.26. The third-order valence-electron chi connectivity index (χ3n) is 2.66. The number of aliphatic hydroxyl groups is 1. The van der Waals surface area contributed by atoms with Gasteiger partial charge in [0.1, 0.15) is 0 Å². The van der Waals surface area contributed by atoms with Gasteiger partial charge in [-0.05, 0) is 12.1 Å². The summed E-state index contributed by atoms with van der Waals surface area (Å²) in [5.41, 5.74) is 0.433. The molecule has 0 aliphatic carbocycles. The van der Waals surface area contributed by atoms with Crippen LogP contribution in [0.4, 0.5) is 5.69 Å². The first-order chi connectivity index (χ1) is 8.28. The molecule has 0 bridgehead atoms. The zero-order valence-electron chi connectivity index (χ0n) is 9.03. The summed E-state index contributed by atoms with van der Waals surface area (Å²) in [7, 11) is -3.21. The molecule has 1 aliphatic heterocycles. The van der Waals surface area contributed by atoms with Crippen LogP contribution in [-0.2, 0) is 9.84 Å². The molecule has 1 saturated heterocycles. The fraction of sp³-hybridized carbons (Fsp3) is 0.400. The summed E-state index contributed by atoms with van der Waals surface area (Å²) in [4.78, 5) is 0. The van der Waals surface area contributed by atoms with Crippen molar-refractivity contribution in [1.82, 2.24) is 0 Å². The molecule has 0 saturated carbocycles. The lowest BCUT2D eigenvalue weighted by atomic mass is 10.2. The summed E-state index contributed by atoms with van der Waals surface area (Å²) in [6.45, 7) is 0. The van der Waals surface area contributed by atoms with Crippen molar-refractivity contribution in [2.24, 2.45) is 0 Å². The maximum Gasteiger partial charge on any atom is 0.155 e. The van der Waals surface area contributed by atoms with E-state index in [0.717, 1.165) is 4.47 Å². The van der Waals surface area contributed by atoms with E-state index in [2.05, 4.69) is 21.2 Å². The van der Waals surface area contributed by atoms with Gasteiger partial charge in [-0.2, -0.15) is 0 Å². The maximum atomic E-state index is 11.4. The van der Waals surface area contributed by atoms with Crippen LogP contribution in [0.2, 0.25) is 10.0 Å². The van der Waals surface area contributed by atoms with E-state index in [1.165, 1.54) is 0 Å². The summed E-state index contributed by atoms with van der Waals surface area (Å²) in [6, 6.07) is 2.70. The van der Waals surface area contributed by atoms with Gasteiger partial charge in [-0.15, -0.1) is 0 Å². The fourth-order valence-corrected chi connectivity index (χ4v) is 4.89. The molecule has 2 unspecified atom stereocenters. The Kier molecular flexibility index (Phi) is 4.14. The quantitative estimate of drug-likeness (QED) is 0.833. The minimum Gasteiger partial charge on any atom is -0.390 e. The molecule has 0 aromatic heterocycles. The second kappa shape index (κ2) is 5.17. The molecule has 0 radical (unpaired) electrons. The molecule has 4 nitrogen and oxygen atoms in total. The Bertz CT molecular complexity index is 555. The van der Waals surface area contributed by atoms with E-state index in [-0.39, 0.29) is 11.5 Å². The second-order valence-corrected chi connectivity index (χ2v) is 8.02. The van der Waals surface area contributed by atoms with E-state index in [0.29, 0.717) is 15.7 Å². The van der Waals surface area contributed by atoms with Gasteiger partial charge in [-0.1, -0.05) is 39.1 Å². The number of sulfone groups is 1. The monoisotopic (exact) mass is 373 g/mol. The highest BCUT2D eigenvalue weighted by Gasteiger charge is 2.36. The molecule has 1 aromatic carbocycles. The molecule has 8 heteroatoms. The van der Waals surface area contributed by atoms with E-state index in [4.69, 9.17) is 23.2 Å². The molecule has 1 heterocycles. The maximum absolute atomic E-state index is 11.4. The van der Waals surface area contributed by atoms with Crippen molar-refractivity contribution in [2.75, 3.05) is 16.8 Å². The molecule has 0 spiro atoms. The zero-order chi connectivity index (χ0) is 13.5. The van der Waals surface area contributed by atoms with Crippen molar-refractivity contribution in [3.05, 3.63) is 26.7 Å². The number of hydrogen-bond acceptors (Lipinski definition) is 4. The van der Waals surface area contributed by atoms with Gasteiger partial charge in [0, 0.05) is 4.47 Å². The third kappa shape index (κ3) is 3.11. The number of aliphatic hydroxyl groups excluding tert-OH is 1. The number of nitrogens with one attached hydrogen (secondary N) is 1. The smallest absolute Gasteiger partial charge is 0.155 e. The van der Waals surface area contributed by atoms with Gasteiger partial charge in [-0.25, -0.2) is 8.42 Å². The molecule has 2 rings (SSSR count). The van der Waals surface area contributed by atoms with Gasteiger partial charge < -0.3 is 10.4 Å². The zero-order valence-corrected chi connectivity index (χ0v) is 12.9. The SMILES string of the molecule is O=S1(=O)CC(O)C(Nc2c(Cl)cc(Br)cc2Cl)C1. The van der Waals surface area contributed by atoms with Crippen LogP contribution < -0.4 is 5.32 Å². The van der Waals surface area contributed by atoms with Gasteiger partial charge in [0.2, 0.25) is 0 Å². The number of benzene rings is 1. The van der Waals surface area contributed by atoms with Gasteiger partial charge in [0.05, 0.1) is 39.4 Å². The van der Waals surface area contributed by atoms with Crippen LogP contribution in [0, 0.1) is 0 Å². The highest BCUT2D eigenvalue weighted by molar-refractivity contribution is 9.10. The van der Waals surface area contributed by atoms with E-state index < -0.39 is 22.0 Å². The highest BCUT2D eigenvalue weighted by Crippen LogP contribution is 2.35. The summed E-state index contributed by atoms with van der Waals surface area (Å²) in [5.74, 6) is -0.368. The minimum absolute atomic E-state index is 0.128. The molecule has 100 valence electrons. The van der Waals surface area contributed by atoms with Crippen LogP contribution in [0.25, 0.3) is 0 Å². The molecular weight excluding hydrogens is 365 g/mol. The van der Waals surface area contributed by atoms with Crippen molar-refractivity contribution >= 4 is 54.7 Å². The van der Waals surface area contributed by atoms with Crippen LogP contribution in [0.1, 0.15) is 0 Å². The first-order valence-corrected chi connectivity index (χ1v) is 8.45. The lowest BCUT2D eigenvalue weighted by molar-refractivity contribution is 0.190. The topological polar surface area (TPSA) is 66.4 Å². The van der Waals surface area contributed by atoms with Crippen LogP contribution in [0.15, 0.2) is 16.6 Å². The Morgan fingerprint density at radius 1 is 1.28 bits per heavy atom. The van der Waals surface area contributed by atoms with Crippen molar-refractivity contribution in [3.8, 4) is 0 Å². The van der Waals surface area contributed by atoms with E-state index >= 15 is 0 Å². The van der Waals surface area contributed by atoms with Crippen LogP contribution in [0.3, 0.4) is 0 Å². The number of rotatable bonds is 2. The Hall–Kier alpha value is -0.0100. The van der Waals surface area contributed by atoms with Gasteiger partial charge in [0.15, 0.2) is 9.84 Å². The lowest BCUT2D eigenvalue weighted by Crippen LogP contribution is -2.32. The Morgan fingerprint density at radius 2 is 1.83 bits per heavy atom. The van der Waals surface area contributed by atoms with Gasteiger partial charge >= 0.3 is 0 Å². The minimum atomic E-state index is -3.21. The first kappa shape index (κ1) is 14.4. The average molecular weight is 375 g/mol. The van der Waals surface area contributed by atoms with Crippen molar-refractivity contribution in [2.45, 2.75) is 12.1 Å². The molecule has 1 fully saturated rings. The van der Waals surface area contributed by atoms with Crippen LogP contribution in [-0.4, -0.2) is 37.2 Å². The number of hydrogen-bond donors (Lipinski definition) is 2. The second-order valence-electron chi connectivity index (χ2n) is 4.14. The first-order valence-electron chi connectivity index (χ1n) is 5.08. The number of anilines is 1. The van der Waals surface area contributed by atoms with E-state index in [9.17, 15) is 13.5 Å². The summed E-state index contributed by atoms with van der Waals surface area (Å²) in [6.07, 6.45) is -0.953. The summed E-state index contributed by atoms with van der Waals surface area (Å²) in [5, 5.41) is 13.3. The molecular formula is C10H10BrCl2NO3S. The van der Waals surface area contributed by atoms with E-state index in [1.54, 1.807) is 12.1 Å². The Labute approximate surface area is 123 Å². The van der Waals surface area contributed by atoms with E-state index in [1.807, 2.05) is 0 Å². The normalized spacial score (nSPS) is 26.2. The fourth-order valence-electron chi connectivity index (χ4n) is 1.83. The largest absolute Gasteiger partial charge is 0.390 e. The molecule has 2 atom stereocenters. The average Bonchev–Trinajstić information content (AvgIpc) is 2.45. The lowest BCUT2D eigenvalue weighted by Gasteiger charge is -2.18. The standard InChI is InChI=1S/C10H10BrCl2NO3S/c11-5-1-6(12)10(7(13)2-5)14-8-3-18(16,17)4-9(8)15/h1-2,8-9,14-15H,3-4H2. The predicted molar refractivity (Wildman–Crippen MR) is 76.2 cm³/mol. The van der Waals surface area contributed by atoms with Crippen molar-refractivity contribution < 1.29 is 13.5 Å². The van der Waals surface area contributed by atoms with Crippen LogP contribution in [0.5, 0.6) is 0 Å².